The van der Waals surface area contributed by atoms with E-state index in [4.69, 9.17) is 5.73 Å². The summed E-state index contributed by atoms with van der Waals surface area (Å²) in [6, 6.07) is 0.327. The Balaban J connectivity index is 2.22. The van der Waals surface area contributed by atoms with Crippen molar-refractivity contribution in [2.24, 2.45) is 5.73 Å². The highest BCUT2D eigenvalue weighted by molar-refractivity contribution is 5.78. The summed E-state index contributed by atoms with van der Waals surface area (Å²) in [6.45, 7) is 4.04. The monoisotopic (exact) mass is 228 g/mol. The second kappa shape index (κ2) is 6.83. The highest BCUT2D eigenvalue weighted by Crippen LogP contribution is 2.07. The summed E-state index contributed by atoms with van der Waals surface area (Å²) in [5.41, 5.74) is 5.82. The van der Waals surface area contributed by atoms with Crippen LogP contribution in [0.2, 0.25) is 0 Å². The number of piperidine rings is 1. The van der Waals surface area contributed by atoms with Crippen molar-refractivity contribution in [3.63, 3.8) is 0 Å². The van der Waals surface area contributed by atoms with E-state index in [0.29, 0.717) is 12.6 Å². The maximum absolute atomic E-state index is 11.8. The minimum Gasteiger partial charge on any atom is -0.343 e. The van der Waals surface area contributed by atoms with Crippen LogP contribution in [-0.2, 0) is 4.79 Å². The van der Waals surface area contributed by atoms with Gasteiger partial charge in [-0.15, -0.1) is 0 Å². The lowest BCUT2D eigenvalue weighted by molar-refractivity contribution is -0.131. The van der Waals surface area contributed by atoms with Gasteiger partial charge in [0.15, 0.2) is 0 Å². The number of rotatable bonds is 5. The second-order valence-corrected chi connectivity index (χ2v) is 4.53. The third-order valence-corrected chi connectivity index (χ3v) is 3.11. The van der Waals surface area contributed by atoms with Crippen molar-refractivity contribution in [1.29, 1.82) is 0 Å². The van der Waals surface area contributed by atoms with Crippen LogP contribution in [0.25, 0.3) is 0 Å². The average molecular weight is 228 g/mol. The molecule has 0 aromatic heterocycles. The Labute approximate surface area is 98.0 Å². The Hall–Kier alpha value is -0.650. The van der Waals surface area contributed by atoms with Gasteiger partial charge in [-0.05, 0) is 19.9 Å². The van der Waals surface area contributed by atoms with Crippen molar-refractivity contribution >= 4 is 5.91 Å². The zero-order valence-electron chi connectivity index (χ0n) is 10.4. The molecule has 0 bridgehead atoms. The quantitative estimate of drug-likeness (QED) is 0.639. The van der Waals surface area contributed by atoms with Gasteiger partial charge in [-0.25, -0.2) is 0 Å². The summed E-state index contributed by atoms with van der Waals surface area (Å²) in [4.78, 5) is 15.8. The molecule has 0 atom stereocenters. The molecule has 0 unspecified atom stereocenters. The lowest BCUT2D eigenvalue weighted by atomic mass is 10.1. The maximum Gasteiger partial charge on any atom is 0.236 e. The molecule has 0 spiro atoms. The molecule has 5 heteroatoms. The predicted octanol–water partition coefficient (Wildman–Crippen LogP) is -0.913. The molecule has 1 rings (SSSR count). The molecule has 0 aromatic rings. The number of nitrogens with two attached hydrogens (primary N) is 1. The number of likely N-dealkylation sites (tertiary alicyclic amines) is 1. The van der Waals surface area contributed by atoms with Gasteiger partial charge in [0.2, 0.25) is 5.91 Å². The van der Waals surface area contributed by atoms with E-state index in [9.17, 15) is 4.79 Å². The lowest BCUT2D eigenvalue weighted by Gasteiger charge is -2.30. The molecule has 0 aromatic carbocycles. The van der Waals surface area contributed by atoms with Crippen molar-refractivity contribution in [2.75, 3.05) is 46.8 Å². The minimum absolute atomic E-state index is 0.200. The van der Waals surface area contributed by atoms with E-state index in [0.717, 1.165) is 39.0 Å². The summed E-state index contributed by atoms with van der Waals surface area (Å²) in [6.07, 6.45) is 2.01. The normalized spacial score (nSPS) is 18.7. The Bertz CT molecular complexity index is 214. The van der Waals surface area contributed by atoms with Crippen LogP contribution in [0, 0.1) is 0 Å². The number of amides is 1. The van der Waals surface area contributed by atoms with Crippen LogP contribution >= 0.6 is 0 Å². The fourth-order valence-electron chi connectivity index (χ4n) is 1.83. The van der Waals surface area contributed by atoms with Crippen LogP contribution in [0.1, 0.15) is 12.8 Å². The van der Waals surface area contributed by atoms with Gasteiger partial charge in [-0.3, -0.25) is 9.69 Å². The van der Waals surface area contributed by atoms with Crippen LogP contribution in [0.15, 0.2) is 0 Å². The molecule has 1 amide bonds. The molecule has 3 N–H and O–H groups in total. The summed E-state index contributed by atoms with van der Waals surface area (Å²) >= 11 is 0. The molecule has 0 radical (unpaired) electrons. The third kappa shape index (κ3) is 4.47. The molecule has 0 aliphatic carbocycles. The standard InChI is InChI=1S/C11H24N4O/c1-13-5-8-14(2)11(16)9-15-6-3-10(12)4-7-15/h10,13H,3-9,12H2,1-2H3. The van der Waals surface area contributed by atoms with Gasteiger partial charge in [0, 0.05) is 39.3 Å². The third-order valence-electron chi connectivity index (χ3n) is 3.11. The maximum atomic E-state index is 11.8. The number of carbonyl (C=O) groups is 1. The topological polar surface area (TPSA) is 61.6 Å². The second-order valence-electron chi connectivity index (χ2n) is 4.53. The van der Waals surface area contributed by atoms with Crippen LogP contribution in [0.5, 0.6) is 0 Å². The SMILES string of the molecule is CNCCN(C)C(=O)CN1CCC(N)CC1. The molecule has 94 valence electrons. The number of likely N-dealkylation sites (N-methyl/N-ethyl adjacent to an activating group) is 2. The van der Waals surface area contributed by atoms with Crippen molar-refractivity contribution < 1.29 is 4.79 Å². The Morgan fingerprint density at radius 2 is 2.12 bits per heavy atom. The molecule has 5 nitrogen and oxygen atoms in total. The van der Waals surface area contributed by atoms with Gasteiger partial charge in [0.05, 0.1) is 6.54 Å². The van der Waals surface area contributed by atoms with E-state index in [1.165, 1.54) is 0 Å². The van der Waals surface area contributed by atoms with Crippen molar-refractivity contribution in [1.82, 2.24) is 15.1 Å². The fourth-order valence-corrected chi connectivity index (χ4v) is 1.83. The summed E-state index contributed by atoms with van der Waals surface area (Å²) < 4.78 is 0. The summed E-state index contributed by atoms with van der Waals surface area (Å²) in [7, 11) is 3.75. The van der Waals surface area contributed by atoms with Crippen molar-refractivity contribution in [3.8, 4) is 0 Å². The largest absolute Gasteiger partial charge is 0.343 e. The first kappa shape index (κ1) is 13.4. The Morgan fingerprint density at radius 1 is 1.50 bits per heavy atom. The van der Waals surface area contributed by atoms with Gasteiger partial charge in [0.1, 0.15) is 0 Å². The van der Waals surface area contributed by atoms with Gasteiger partial charge >= 0.3 is 0 Å². The zero-order valence-corrected chi connectivity index (χ0v) is 10.4. The minimum atomic E-state index is 0.200. The van der Waals surface area contributed by atoms with Crippen molar-refractivity contribution in [2.45, 2.75) is 18.9 Å². The smallest absolute Gasteiger partial charge is 0.236 e. The molecule has 1 aliphatic heterocycles. The molecular weight excluding hydrogens is 204 g/mol. The number of nitrogens with one attached hydrogen (secondary N) is 1. The molecule has 1 heterocycles. The Kier molecular flexibility index (Phi) is 5.73. The Morgan fingerprint density at radius 3 is 2.69 bits per heavy atom. The number of hydrogen-bond donors (Lipinski definition) is 2. The van der Waals surface area contributed by atoms with Crippen LogP contribution in [0.3, 0.4) is 0 Å². The fraction of sp³-hybridized carbons (Fsp3) is 0.909. The number of hydrogen-bond acceptors (Lipinski definition) is 4. The lowest BCUT2D eigenvalue weighted by Crippen LogP contribution is -2.45. The van der Waals surface area contributed by atoms with E-state index >= 15 is 0 Å². The first-order valence-corrected chi connectivity index (χ1v) is 6.00. The van der Waals surface area contributed by atoms with Gasteiger partial charge in [-0.1, -0.05) is 0 Å². The predicted molar refractivity (Wildman–Crippen MR) is 65.2 cm³/mol. The average Bonchev–Trinajstić information content (AvgIpc) is 2.29. The molecule has 16 heavy (non-hydrogen) atoms. The van der Waals surface area contributed by atoms with Crippen LogP contribution in [0.4, 0.5) is 0 Å². The molecule has 1 fully saturated rings. The first-order valence-electron chi connectivity index (χ1n) is 6.00. The molecule has 0 saturated carbocycles. The van der Waals surface area contributed by atoms with Gasteiger partial charge in [-0.2, -0.15) is 0 Å². The van der Waals surface area contributed by atoms with Gasteiger partial charge < -0.3 is 16.0 Å². The van der Waals surface area contributed by atoms with E-state index in [1.807, 2.05) is 14.1 Å². The van der Waals surface area contributed by atoms with E-state index in [1.54, 1.807) is 4.90 Å². The van der Waals surface area contributed by atoms with E-state index in [2.05, 4.69) is 10.2 Å². The zero-order chi connectivity index (χ0) is 12.0. The van der Waals surface area contributed by atoms with E-state index in [-0.39, 0.29) is 5.91 Å². The van der Waals surface area contributed by atoms with Crippen molar-refractivity contribution in [3.05, 3.63) is 0 Å². The van der Waals surface area contributed by atoms with E-state index < -0.39 is 0 Å². The number of nitrogens with zero attached hydrogens (tertiary/aromatic N) is 2. The molecule has 1 aliphatic rings. The molecular formula is C11H24N4O. The first-order chi connectivity index (χ1) is 7.63. The highest BCUT2D eigenvalue weighted by Gasteiger charge is 2.19. The molecule has 1 saturated heterocycles. The highest BCUT2D eigenvalue weighted by atomic mass is 16.2. The number of carbonyl (C=O) groups excluding carboxylic acids is 1. The van der Waals surface area contributed by atoms with Crippen LogP contribution in [-0.4, -0.2) is 68.6 Å². The summed E-state index contributed by atoms with van der Waals surface area (Å²) in [5.74, 6) is 0.200. The summed E-state index contributed by atoms with van der Waals surface area (Å²) in [5, 5.41) is 3.04. The van der Waals surface area contributed by atoms with Gasteiger partial charge in [0.25, 0.3) is 0 Å². The van der Waals surface area contributed by atoms with Crippen LogP contribution < -0.4 is 11.1 Å².